The van der Waals surface area contributed by atoms with Crippen molar-refractivity contribution >= 4 is 12.0 Å². The molecule has 9 heteroatoms. The molecule has 0 saturated heterocycles. The minimum atomic E-state index is -1.52. The van der Waals surface area contributed by atoms with Gasteiger partial charge in [-0.1, -0.05) is 74.5 Å². The summed E-state index contributed by atoms with van der Waals surface area (Å²) >= 11 is 0. The number of carboxylic acid groups (broad SMARTS) is 1. The lowest BCUT2D eigenvalue weighted by Gasteiger charge is -2.37. The highest BCUT2D eigenvalue weighted by molar-refractivity contribution is 5.86. The van der Waals surface area contributed by atoms with Crippen LogP contribution in [0.1, 0.15) is 44.2 Å². The van der Waals surface area contributed by atoms with Crippen LogP contribution in [-0.2, 0) is 17.6 Å². The second-order valence-electron chi connectivity index (χ2n) is 10.9. The Hall–Kier alpha value is -2.98. The third-order valence-corrected chi connectivity index (χ3v) is 7.69. The molecule has 1 aliphatic rings. The fourth-order valence-corrected chi connectivity index (χ4v) is 5.16. The zero-order chi connectivity index (χ0) is 27.8. The number of rotatable bonds is 13. The van der Waals surface area contributed by atoms with Crippen LogP contribution < -0.4 is 16.0 Å². The molecule has 0 spiro atoms. The fourth-order valence-electron chi connectivity index (χ4n) is 5.16. The Balaban J connectivity index is 1.63. The van der Waals surface area contributed by atoms with Gasteiger partial charge in [0, 0.05) is 18.5 Å². The third-order valence-electron chi connectivity index (χ3n) is 7.69. The van der Waals surface area contributed by atoms with Gasteiger partial charge in [0.25, 0.3) is 5.91 Å². The van der Waals surface area contributed by atoms with Crippen LogP contribution in [0, 0.1) is 5.41 Å². The quantitative estimate of drug-likeness (QED) is 0.210. The lowest BCUT2D eigenvalue weighted by Crippen LogP contribution is -2.59. The number of carbonyl (C=O) groups is 2. The maximum atomic E-state index is 13.2. The van der Waals surface area contributed by atoms with Crippen LogP contribution in [-0.4, -0.2) is 75.4 Å². The normalized spacial score (nSPS) is 21.7. The van der Waals surface area contributed by atoms with E-state index in [1.807, 2.05) is 74.5 Å². The molecule has 9 nitrogen and oxygen atoms in total. The predicted octanol–water partition coefficient (Wildman–Crippen LogP) is 1.85. The van der Waals surface area contributed by atoms with Crippen LogP contribution >= 0.6 is 0 Å². The molecule has 1 saturated carbocycles. The van der Waals surface area contributed by atoms with Crippen molar-refractivity contribution in [1.82, 2.24) is 16.0 Å². The molecule has 3 rings (SSSR count). The number of hydrogen-bond acceptors (Lipinski definition) is 6. The van der Waals surface area contributed by atoms with Gasteiger partial charge >= 0.3 is 6.09 Å². The third kappa shape index (κ3) is 7.77. The van der Waals surface area contributed by atoms with E-state index in [2.05, 4.69) is 16.0 Å². The summed E-state index contributed by atoms with van der Waals surface area (Å²) in [5.74, 6) is -0.492. The van der Waals surface area contributed by atoms with E-state index >= 15 is 0 Å². The highest BCUT2D eigenvalue weighted by Crippen LogP contribution is 2.46. The lowest BCUT2D eigenvalue weighted by molar-refractivity contribution is -0.151. The van der Waals surface area contributed by atoms with Gasteiger partial charge in [0.1, 0.15) is 5.60 Å². The Morgan fingerprint density at radius 2 is 1.29 bits per heavy atom. The lowest BCUT2D eigenvalue weighted by atomic mass is 9.77. The molecule has 2 unspecified atom stereocenters. The maximum Gasteiger partial charge on any atom is 0.404 e. The van der Waals surface area contributed by atoms with Crippen LogP contribution in [0.4, 0.5) is 4.79 Å². The largest absolute Gasteiger partial charge is 0.465 e. The summed E-state index contributed by atoms with van der Waals surface area (Å²) in [5.41, 5.74) is -0.294. The zero-order valence-corrected chi connectivity index (χ0v) is 22.1. The van der Waals surface area contributed by atoms with Gasteiger partial charge in [-0.25, -0.2) is 4.79 Å². The molecule has 0 aromatic heterocycles. The average Bonchev–Trinajstić information content (AvgIpc) is 3.16. The van der Waals surface area contributed by atoms with E-state index in [-0.39, 0.29) is 13.1 Å². The standard InChI is InChI=1S/C29H41N3O6/c1-28(2)14-9-15-29(28,38)26(35)31-22(16-20-10-5-3-6-11-20)24(33)18-30-19-25(34)23(32-27(36)37)17-21-12-7-4-8-13-21/h3-8,10-13,22-25,30,32-34,38H,9,14-19H2,1-2H3,(H,31,35)(H,36,37)/t22-,23-,24?,25+,29?/m0/s1. The molecule has 0 aliphatic heterocycles. The summed E-state index contributed by atoms with van der Waals surface area (Å²) in [4.78, 5) is 24.5. The molecule has 0 bridgehead atoms. The number of nitrogens with one attached hydrogen (secondary N) is 3. The Labute approximate surface area is 224 Å². The molecule has 2 amide bonds. The van der Waals surface area contributed by atoms with E-state index in [0.29, 0.717) is 19.3 Å². The van der Waals surface area contributed by atoms with Gasteiger partial charge in [-0.15, -0.1) is 0 Å². The predicted molar refractivity (Wildman–Crippen MR) is 145 cm³/mol. The molecule has 7 N–H and O–H groups in total. The summed E-state index contributed by atoms with van der Waals surface area (Å²) in [6.45, 7) is 3.82. The van der Waals surface area contributed by atoms with Gasteiger partial charge in [0.05, 0.1) is 24.3 Å². The number of hydrogen-bond donors (Lipinski definition) is 7. The molecule has 2 aromatic rings. The molecule has 5 atom stereocenters. The van der Waals surface area contributed by atoms with E-state index in [1.54, 1.807) is 0 Å². The first-order chi connectivity index (χ1) is 18.0. The van der Waals surface area contributed by atoms with Gasteiger partial charge in [-0.2, -0.15) is 0 Å². The van der Waals surface area contributed by atoms with Crippen molar-refractivity contribution in [2.24, 2.45) is 5.41 Å². The Morgan fingerprint density at radius 3 is 1.71 bits per heavy atom. The van der Waals surface area contributed by atoms with Crippen LogP contribution in [0.3, 0.4) is 0 Å². The minimum Gasteiger partial charge on any atom is -0.465 e. The SMILES string of the molecule is CC1(C)CCCC1(O)C(=O)N[C@@H](Cc1ccccc1)C(O)CNC[C@@H](O)[C@H](Cc1ccccc1)NC(=O)O. The first-order valence-electron chi connectivity index (χ1n) is 13.2. The molecular formula is C29H41N3O6. The van der Waals surface area contributed by atoms with Crippen LogP contribution in [0.5, 0.6) is 0 Å². The van der Waals surface area contributed by atoms with Crippen LogP contribution in [0.25, 0.3) is 0 Å². The van der Waals surface area contributed by atoms with Crippen molar-refractivity contribution < 1.29 is 30.0 Å². The molecule has 1 aliphatic carbocycles. The molecule has 38 heavy (non-hydrogen) atoms. The number of carbonyl (C=O) groups excluding carboxylic acids is 1. The number of aliphatic hydroxyl groups excluding tert-OH is 2. The first kappa shape index (κ1) is 29.6. The summed E-state index contributed by atoms with van der Waals surface area (Å²) in [7, 11) is 0. The van der Waals surface area contributed by atoms with Crippen LogP contribution in [0.15, 0.2) is 60.7 Å². The average molecular weight is 528 g/mol. The molecular weight excluding hydrogens is 486 g/mol. The highest BCUT2D eigenvalue weighted by atomic mass is 16.4. The molecule has 0 radical (unpaired) electrons. The summed E-state index contributed by atoms with van der Waals surface area (Å²) in [6, 6.07) is 17.3. The van der Waals surface area contributed by atoms with Crippen molar-refractivity contribution in [3.05, 3.63) is 71.8 Å². The Morgan fingerprint density at radius 1 is 0.816 bits per heavy atom. The second-order valence-corrected chi connectivity index (χ2v) is 10.9. The Kier molecular flexibility index (Phi) is 10.3. The molecule has 1 fully saturated rings. The van der Waals surface area contributed by atoms with E-state index < -0.39 is 47.3 Å². The summed E-state index contributed by atoms with van der Waals surface area (Å²) < 4.78 is 0. The molecule has 208 valence electrons. The highest BCUT2D eigenvalue weighted by Gasteiger charge is 2.53. The topological polar surface area (TPSA) is 151 Å². The first-order valence-corrected chi connectivity index (χ1v) is 13.2. The van der Waals surface area contributed by atoms with Crippen molar-refractivity contribution in [2.45, 2.75) is 75.8 Å². The zero-order valence-electron chi connectivity index (χ0n) is 22.1. The van der Waals surface area contributed by atoms with Crippen LogP contribution in [0.2, 0.25) is 0 Å². The van der Waals surface area contributed by atoms with Gasteiger partial charge in [-0.05, 0) is 43.2 Å². The monoisotopic (exact) mass is 527 g/mol. The van der Waals surface area contributed by atoms with E-state index in [0.717, 1.165) is 24.0 Å². The number of amides is 2. The fraction of sp³-hybridized carbons (Fsp3) is 0.517. The molecule has 0 heterocycles. The molecule has 2 aromatic carbocycles. The Bertz CT molecular complexity index is 1040. The van der Waals surface area contributed by atoms with Crippen molar-refractivity contribution in [2.75, 3.05) is 13.1 Å². The maximum absolute atomic E-state index is 13.2. The van der Waals surface area contributed by atoms with E-state index in [9.17, 15) is 30.0 Å². The van der Waals surface area contributed by atoms with Crippen molar-refractivity contribution in [3.63, 3.8) is 0 Å². The van der Waals surface area contributed by atoms with Crippen molar-refractivity contribution in [1.29, 1.82) is 0 Å². The van der Waals surface area contributed by atoms with Gasteiger partial charge in [0.15, 0.2) is 0 Å². The van der Waals surface area contributed by atoms with Crippen molar-refractivity contribution in [3.8, 4) is 0 Å². The van der Waals surface area contributed by atoms with E-state index in [4.69, 9.17) is 0 Å². The number of aliphatic hydroxyl groups is 3. The summed E-state index contributed by atoms with van der Waals surface area (Å²) in [5, 5.41) is 50.5. The van der Waals surface area contributed by atoms with Gasteiger partial charge < -0.3 is 36.4 Å². The van der Waals surface area contributed by atoms with Gasteiger partial charge in [-0.3, -0.25) is 4.79 Å². The smallest absolute Gasteiger partial charge is 0.404 e. The summed E-state index contributed by atoms with van der Waals surface area (Å²) in [6.07, 6.45) is -0.813. The number of benzene rings is 2. The second kappa shape index (κ2) is 13.2. The minimum absolute atomic E-state index is 0.0256. The van der Waals surface area contributed by atoms with Gasteiger partial charge in [0.2, 0.25) is 0 Å². The van der Waals surface area contributed by atoms with E-state index in [1.165, 1.54) is 0 Å².